The van der Waals surface area contributed by atoms with E-state index in [0.717, 1.165) is 13.0 Å². The molecule has 0 radical (unpaired) electrons. The molecule has 1 N–H and O–H groups in total. The van der Waals surface area contributed by atoms with E-state index in [2.05, 4.69) is 46.8 Å². The molecule has 3 rings (SSSR count). The summed E-state index contributed by atoms with van der Waals surface area (Å²) in [7, 11) is 0. The van der Waals surface area contributed by atoms with Gasteiger partial charge in [-0.2, -0.15) is 4.98 Å². The predicted molar refractivity (Wildman–Crippen MR) is 103 cm³/mol. The molecule has 26 heavy (non-hydrogen) atoms. The third-order valence-corrected chi connectivity index (χ3v) is 5.30. The van der Waals surface area contributed by atoms with Gasteiger partial charge < -0.3 is 9.84 Å². The Hall–Kier alpha value is -2.05. The third-order valence-electron chi connectivity index (χ3n) is 4.35. The van der Waals surface area contributed by atoms with Crippen molar-refractivity contribution in [3.63, 3.8) is 0 Å². The molecule has 2 aromatic heterocycles. The molecule has 1 atom stereocenters. The van der Waals surface area contributed by atoms with Crippen LogP contribution >= 0.6 is 11.3 Å². The number of aryl methyl sites for hydroxylation is 2. The lowest BCUT2D eigenvalue weighted by atomic mass is 10.0. The van der Waals surface area contributed by atoms with Gasteiger partial charge in [-0.25, -0.2) is 4.39 Å². The van der Waals surface area contributed by atoms with Gasteiger partial charge in [0.1, 0.15) is 5.82 Å². The van der Waals surface area contributed by atoms with Crippen LogP contribution in [0.25, 0.3) is 11.4 Å². The molecule has 2 heterocycles. The molecule has 0 aliphatic carbocycles. The minimum Gasteiger partial charge on any atom is -0.339 e. The summed E-state index contributed by atoms with van der Waals surface area (Å²) in [5.41, 5.74) is 1.24. The molecule has 4 nitrogen and oxygen atoms in total. The lowest BCUT2D eigenvalue weighted by Crippen LogP contribution is -2.26. The zero-order valence-electron chi connectivity index (χ0n) is 15.3. The molecule has 0 saturated carbocycles. The monoisotopic (exact) mass is 373 g/mol. The van der Waals surface area contributed by atoms with Crippen molar-refractivity contribution < 1.29 is 8.91 Å². The van der Waals surface area contributed by atoms with Crippen molar-refractivity contribution in [2.45, 2.75) is 39.7 Å². The van der Waals surface area contributed by atoms with Crippen molar-refractivity contribution >= 4 is 11.3 Å². The maximum absolute atomic E-state index is 13.7. The van der Waals surface area contributed by atoms with Gasteiger partial charge >= 0.3 is 0 Å². The number of halogens is 1. The van der Waals surface area contributed by atoms with Crippen LogP contribution in [0, 0.1) is 18.7 Å². The van der Waals surface area contributed by atoms with E-state index < -0.39 is 0 Å². The number of nitrogens with zero attached hydrogens (tertiary/aromatic N) is 2. The number of hydrogen-bond donors (Lipinski definition) is 1. The third kappa shape index (κ3) is 4.56. The minimum atomic E-state index is -0.258. The van der Waals surface area contributed by atoms with Gasteiger partial charge in [0.2, 0.25) is 11.7 Å². The van der Waals surface area contributed by atoms with E-state index >= 15 is 0 Å². The van der Waals surface area contributed by atoms with Crippen molar-refractivity contribution in [3.8, 4) is 11.4 Å². The molecule has 0 aliphatic rings. The van der Waals surface area contributed by atoms with Crippen LogP contribution in [0.3, 0.4) is 0 Å². The maximum atomic E-state index is 13.7. The van der Waals surface area contributed by atoms with E-state index in [1.54, 1.807) is 24.3 Å². The summed E-state index contributed by atoms with van der Waals surface area (Å²) in [5.74, 6) is 1.29. The molecule has 138 valence electrons. The molecule has 0 saturated heterocycles. The lowest BCUT2D eigenvalue weighted by Gasteiger charge is -2.21. The second kappa shape index (κ2) is 8.56. The summed E-state index contributed by atoms with van der Waals surface area (Å²) in [4.78, 5) is 5.75. The first kappa shape index (κ1) is 18.7. The van der Waals surface area contributed by atoms with Crippen molar-refractivity contribution in [2.75, 3.05) is 6.54 Å². The fourth-order valence-corrected chi connectivity index (χ4v) is 3.81. The topological polar surface area (TPSA) is 51.0 Å². The quantitative estimate of drug-likeness (QED) is 0.554. The molecule has 0 aliphatic heterocycles. The number of thiophene rings is 1. The van der Waals surface area contributed by atoms with Crippen LogP contribution in [-0.2, 0) is 6.42 Å². The largest absolute Gasteiger partial charge is 0.339 e. The number of aromatic nitrogens is 2. The maximum Gasteiger partial charge on any atom is 0.227 e. The highest BCUT2D eigenvalue weighted by atomic mass is 32.1. The number of rotatable bonds is 8. The zero-order valence-corrected chi connectivity index (χ0v) is 16.1. The molecule has 0 fully saturated rings. The molecule has 6 heteroatoms. The normalized spacial score (nSPS) is 12.7. The Morgan fingerprint density at radius 1 is 1.27 bits per heavy atom. The van der Waals surface area contributed by atoms with Crippen LogP contribution in [0.4, 0.5) is 4.39 Å². The van der Waals surface area contributed by atoms with E-state index in [4.69, 9.17) is 4.52 Å². The molecule has 0 bridgehead atoms. The molecule has 1 unspecified atom stereocenters. The molecule has 3 aromatic rings. The van der Waals surface area contributed by atoms with E-state index in [0.29, 0.717) is 41.2 Å². The molecule has 1 aromatic carbocycles. The summed E-state index contributed by atoms with van der Waals surface area (Å²) in [6, 6.07) is 9.60. The van der Waals surface area contributed by atoms with Gasteiger partial charge in [-0.05, 0) is 48.9 Å². The average molecular weight is 373 g/mol. The highest BCUT2D eigenvalue weighted by Gasteiger charge is 2.16. The van der Waals surface area contributed by atoms with Crippen molar-refractivity contribution in [1.82, 2.24) is 15.5 Å². The minimum absolute atomic E-state index is 0.258. The molecular weight excluding hydrogens is 349 g/mol. The second-order valence-electron chi connectivity index (χ2n) is 6.77. The van der Waals surface area contributed by atoms with Crippen molar-refractivity contribution in [1.29, 1.82) is 0 Å². The Labute approximate surface area is 157 Å². The Balaban J connectivity index is 1.52. The lowest BCUT2D eigenvalue weighted by molar-refractivity contribution is 0.367. The Morgan fingerprint density at radius 2 is 2.12 bits per heavy atom. The van der Waals surface area contributed by atoms with Gasteiger partial charge in [-0.3, -0.25) is 0 Å². The van der Waals surface area contributed by atoms with E-state index in [1.165, 1.54) is 10.9 Å². The summed E-state index contributed by atoms with van der Waals surface area (Å²) in [6.45, 7) is 7.05. The standard InChI is InChI=1S/C20H24FN3OS/c1-13(2)19(17-6-5-11-26-17)22-10-4-7-18-23-20(24-25-18)15-9-8-14(3)16(21)12-15/h5-6,8-9,11-13,19,22H,4,7,10H2,1-3H3. The van der Waals surface area contributed by atoms with Crippen LogP contribution in [0.15, 0.2) is 40.2 Å². The van der Waals surface area contributed by atoms with Crippen LogP contribution in [0.5, 0.6) is 0 Å². The Morgan fingerprint density at radius 3 is 2.81 bits per heavy atom. The van der Waals surface area contributed by atoms with Gasteiger partial charge in [0.05, 0.1) is 0 Å². The SMILES string of the molecule is Cc1ccc(-c2noc(CCCNC(c3cccs3)C(C)C)n2)cc1F. The summed E-state index contributed by atoms with van der Waals surface area (Å²) >= 11 is 1.78. The highest BCUT2D eigenvalue weighted by Crippen LogP contribution is 2.25. The highest BCUT2D eigenvalue weighted by molar-refractivity contribution is 7.10. The summed E-state index contributed by atoms with van der Waals surface area (Å²) < 4.78 is 19.0. The van der Waals surface area contributed by atoms with Gasteiger partial charge in [0.15, 0.2) is 0 Å². The smallest absolute Gasteiger partial charge is 0.227 e. The van der Waals surface area contributed by atoms with Gasteiger partial charge in [-0.15, -0.1) is 11.3 Å². The van der Waals surface area contributed by atoms with E-state index in [1.807, 2.05) is 6.07 Å². The molecule has 0 amide bonds. The number of hydrogen-bond acceptors (Lipinski definition) is 5. The number of benzene rings is 1. The van der Waals surface area contributed by atoms with Crippen LogP contribution < -0.4 is 5.32 Å². The Kier molecular flexibility index (Phi) is 6.16. The fraction of sp³-hybridized carbons (Fsp3) is 0.400. The van der Waals surface area contributed by atoms with Crippen LogP contribution in [-0.4, -0.2) is 16.7 Å². The van der Waals surface area contributed by atoms with Crippen LogP contribution in [0.1, 0.15) is 42.6 Å². The number of nitrogens with one attached hydrogen (secondary N) is 1. The van der Waals surface area contributed by atoms with Gasteiger partial charge in [0.25, 0.3) is 0 Å². The average Bonchev–Trinajstić information content (AvgIpc) is 3.29. The molecular formula is C20H24FN3OS. The van der Waals surface area contributed by atoms with Crippen molar-refractivity contribution in [3.05, 3.63) is 57.9 Å². The summed E-state index contributed by atoms with van der Waals surface area (Å²) in [5, 5.41) is 9.69. The van der Waals surface area contributed by atoms with E-state index in [9.17, 15) is 4.39 Å². The van der Waals surface area contributed by atoms with Gasteiger partial charge in [0, 0.05) is 22.9 Å². The fourth-order valence-electron chi connectivity index (χ4n) is 2.84. The second-order valence-corrected chi connectivity index (χ2v) is 7.75. The Bertz CT molecular complexity index is 829. The first-order valence-corrected chi connectivity index (χ1v) is 9.78. The molecule has 0 spiro atoms. The summed E-state index contributed by atoms with van der Waals surface area (Å²) in [6.07, 6.45) is 1.60. The zero-order chi connectivity index (χ0) is 18.5. The van der Waals surface area contributed by atoms with E-state index in [-0.39, 0.29) is 5.82 Å². The van der Waals surface area contributed by atoms with Gasteiger partial charge in [-0.1, -0.05) is 37.2 Å². The first-order chi connectivity index (χ1) is 12.5. The first-order valence-electron chi connectivity index (χ1n) is 8.90. The van der Waals surface area contributed by atoms with Crippen molar-refractivity contribution in [2.24, 2.45) is 5.92 Å². The predicted octanol–water partition coefficient (Wildman–Crippen LogP) is 5.17. The van der Waals surface area contributed by atoms with Crippen LogP contribution in [0.2, 0.25) is 0 Å².